The Morgan fingerprint density at radius 2 is 1.94 bits per heavy atom. The first-order valence-corrected chi connectivity index (χ1v) is 6.36. The molecule has 3 nitrogen and oxygen atoms in total. The van der Waals surface area contributed by atoms with Crippen molar-refractivity contribution >= 4 is 0 Å². The van der Waals surface area contributed by atoms with E-state index in [1.807, 2.05) is 6.07 Å². The summed E-state index contributed by atoms with van der Waals surface area (Å²) >= 11 is 0. The minimum atomic E-state index is 0.0927. The largest absolute Gasteiger partial charge is 0.493 e. The minimum absolute atomic E-state index is 0.0927. The number of hydrogen-bond acceptors (Lipinski definition) is 3. The fourth-order valence-electron chi connectivity index (χ4n) is 1.77. The SMILES string of the molecule is CC(C)NCC(Cc1ccc(O)nc1)C(C)C. The van der Waals surface area contributed by atoms with E-state index in [0.717, 1.165) is 13.0 Å². The molecule has 0 saturated heterocycles. The third kappa shape index (κ3) is 5.18. The van der Waals surface area contributed by atoms with E-state index in [0.29, 0.717) is 17.9 Å². The van der Waals surface area contributed by atoms with Gasteiger partial charge in [-0.1, -0.05) is 33.8 Å². The first-order chi connectivity index (χ1) is 7.99. The van der Waals surface area contributed by atoms with Crippen molar-refractivity contribution in [3.05, 3.63) is 23.9 Å². The van der Waals surface area contributed by atoms with Crippen LogP contribution in [0.1, 0.15) is 33.3 Å². The molecule has 0 bridgehead atoms. The second kappa shape index (κ2) is 6.60. The van der Waals surface area contributed by atoms with Crippen molar-refractivity contribution in [3.8, 4) is 5.88 Å². The highest BCUT2D eigenvalue weighted by Crippen LogP contribution is 2.17. The summed E-state index contributed by atoms with van der Waals surface area (Å²) in [6.07, 6.45) is 2.77. The second-order valence-corrected chi connectivity index (χ2v) is 5.30. The van der Waals surface area contributed by atoms with Gasteiger partial charge in [-0.3, -0.25) is 0 Å². The van der Waals surface area contributed by atoms with Gasteiger partial charge in [0, 0.05) is 18.3 Å². The molecule has 1 unspecified atom stereocenters. The number of rotatable bonds is 6. The molecule has 1 aromatic heterocycles. The molecular weight excluding hydrogens is 212 g/mol. The molecule has 0 radical (unpaired) electrons. The number of pyridine rings is 1. The maximum Gasteiger partial charge on any atom is 0.210 e. The van der Waals surface area contributed by atoms with Crippen molar-refractivity contribution in [2.75, 3.05) is 6.54 Å². The lowest BCUT2D eigenvalue weighted by Gasteiger charge is -2.22. The van der Waals surface area contributed by atoms with Crippen LogP contribution in [-0.2, 0) is 6.42 Å². The van der Waals surface area contributed by atoms with Crippen molar-refractivity contribution in [2.45, 2.75) is 40.2 Å². The van der Waals surface area contributed by atoms with Crippen LogP contribution >= 0.6 is 0 Å². The molecule has 1 rings (SSSR count). The Morgan fingerprint density at radius 3 is 2.41 bits per heavy atom. The average molecular weight is 236 g/mol. The van der Waals surface area contributed by atoms with Gasteiger partial charge in [0.25, 0.3) is 0 Å². The topological polar surface area (TPSA) is 45.1 Å². The monoisotopic (exact) mass is 236 g/mol. The summed E-state index contributed by atoms with van der Waals surface area (Å²) in [5.41, 5.74) is 1.19. The van der Waals surface area contributed by atoms with Gasteiger partial charge in [-0.05, 0) is 30.4 Å². The summed E-state index contributed by atoms with van der Waals surface area (Å²) in [5.74, 6) is 1.33. The maximum absolute atomic E-state index is 9.15. The van der Waals surface area contributed by atoms with Crippen LogP contribution in [-0.4, -0.2) is 22.7 Å². The van der Waals surface area contributed by atoms with E-state index in [4.69, 9.17) is 5.11 Å². The Hall–Kier alpha value is -1.09. The summed E-state index contributed by atoms with van der Waals surface area (Å²) in [6, 6.07) is 4.13. The van der Waals surface area contributed by atoms with Gasteiger partial charge in [-0.2, -0.15) is 0 Å². The van der Waals surface area contributed by atoms with Crippen molar-refractivity contribution < 1.29 is 5.11 Å². The minimum Gasteiger partial charge on any atom is -0.493 e. The summed E-state index contributed by atoms with van der Waals surface area (Å²) in [5, 5.41) is 12.6. The number of aromatic nitrogens is 1. The summed E-state index contributed by atoms with van der Waals surface area (Å²) in [7, 11) is 0. The van der Waals surface area contributed by atoms with Crippen LogP contribution in [0.3, 0.4) is 0 Å². The van der Waals surface area contributed by atoms with Crippen molar-refractivity contribution in [1.82, 2.24) is 10.3 Å². The Morgan fingerprint density at radius 1 is 1.24 bits per heavy atom. The van der Waals surface area contributed by atoms with E-state index >= 15 is 0 Å². The predicted molar refractivity (Wildman–Crippen MR) is 71.1 cm³/mol. The maximum atomic E-state index is 9.15. The fraction of sp³-hybridized carbons (Fsp3) is 0.643. The van der Waals surface area contributed by atoms with Gasteiger partial charge in [0.05, 0.1) is 0 Å². The van der Waals surface area contributed by atoms with Crippen LogP contribution in [0.25, 0.3) is 0 Å². The molecule has 2 N–H and O–H groups in total. The molecule has 96 valence electrons. The molecule has 0 amide bonds. The van der Waals surface area contributed by atoms with E-state index < -0.39 is 0 Å². The molecule has 0 saturated carbocycles. The molecule has 3 heteroatoms. The molecule has 0 aliphatic rings. The Labute approximate surface area is 104 Å². The van der Waals surface area contributed by atoms with Gasteiger partial charge in [0.2, 0.25) is 5.88 Å². The molecule has 1 atom stereocenters. The van der Waals surface area contributed by atoms with Crippen LogP contribution < -0.4 is 5.32 Å². The zero-order valence-electron chi connectivity index (χ0n) is 11.3. The van der Waals surface area contributed by atoms with Gasteiger partial charge < -0.3 is 10.4 Å². The normalized spacial score (nSPS) is 13.3. The van der Waals surface area contributed by atoms with Gasteiger partial charge in [-0.25, -0.2) is 4.98 Å². The average Bonchev–Trinajstić information content (AvgIpc) is 2.26. The van der Waals surface area contributed by atoms with Crippen molar-refractivity contribution in [1.29, 1.82) is 0 Å². The molecule has 17 heavy (non-hydrogen) atoms. The number of nitrogens with one attached hydrogen (secondary N) is 1. The Kier molecular flexibility index (Phi) is 5.42. The molecule has 1 aromatic rings. The van der Waals surface area contributed by atoms with Crippen molar-refractivity contribution in [2.24, 2.45) is 11.8 Å². The van der Waals surface area contributed by atoms with Crippen LogP contribution in [0.4, 0.5) is 0 Å². The quantitative estimate of drug-likeness (QED) is 0.798. The van der Waals surface area contributed by atoms with E-state index in [1.165, 1.54) is 5.56 Å². The molecule has 0 aromatic carbocycles. The summed E-state index contributed by atoms with van der Waals surface area (Å²) in [4.78, 5) is 3.92. The highest BCUT2D eigenvalue weighted by Gasteiger charge is 2.14. The lowest BCUT2D eigenvalue weighted by Crippen LogP contribution is -2.32. The predicted octanol–water partition coefficient (Wildman–Crippen LogP) is 2.60. The van der Waals surface area contributed by atoms with Gasteiger partial charge >= 0.3 is 0 Å². The first kappa shape index (κ1) is 14.0. The molecular formula is C14H24N2O. The fourth-order valence-corrected chi connectivity index (χ4v) is 1.77. The second-order valence-electron chi connectivity index (χ2n) is 5.30. The standard InChI is InChI=1S/C14H24N2O/c1-10(2)13(9-15-11(3)4)7-12-5-6-14(17)16-8-12/h5-6,8,10-11,13,15H,7,9H2,1-4H3,(H,16,17). The van der Waals surface area contributed by atoms with Crippen LogP contribution in [0, 0.1) is 11.8 Å². The highest BCUT2D eigenvalue weighted by molar-refractivity contribution is 5.17. The zero-order chi connectivity index (χ0) is 12.8. The van der Waals surface area contributed by atoms with Gasteiger partial charge in [0.1, 0.15) is 0 Å². The van der Waals surface area contributed by atoms with E-state index in [2.05, 4.69) is 38.0 Å². The van der Waals surface area contributed by atoms with Crippen LogP contribution in [0.5, 0.6) is 5.88 Å². The lowest BCUT2D eigenvalue weighted by molar-refractivity contribution is 0.348. The zero-order valence-corrected chi connectivity index (χ0v) is 11.3. The summed E-state index contributed by atoms with van der Waals surface area (Å²) < 4.78 is 0. The van der Waals surface area contributed by atoms with Gasteiger partial charge in [0.15, 0.2) is 0 Å². The smallest absolute Gasteiger partial charge is 0.210 e. The molecule has 1 heterocycles. The third-order valence-electron chi connectivity index (χ3n) is 3.04. The van der Waals surface area contributed by atoms with Gasteiger partial charge in [-0.15, -0.1) is 0 Å². The number of hydrogen-bond donors (Lipinski definition) is 2. The van der Waals surface area contributed by atoms with E-state index in [-0.39, 0.29) is 5.88 Å². The molecule has 0 fully saturated rings. The summed E-state index contributed by atoms with van der Waals surface area (Å²) in [6.45, 7) is 9.86. The van der Waals surface area contributed by atoms with E-state index in [9.17, 15) is 0 Å². The lowest BCUT2D eigenvalue weighted by atomic mass is 9.89. The van der Waals surface area contributed by atoms with E-state index in [1.54, 1.807) is 12.3 Å². The van der Waals surface area contributed by atoms with Crippen LogP contribution in [0.2, 0.25) is 0 Å². The number of nitrogens with zero attached hydrogens (tertiary/aromatic N) is 1. The Bertz CT molecular complexity index is 319. The molecule has 0 aliphatic carbocycles. The number of aromatic hydroxyl groups is 1. The third-order valence-corrected chi connectivity index (χ3v) is 3.04. The Balaban J connectivity index is 2.57. The highest BCUT2D eigenvalue weighted by atomic mass is 16.3. The van der Waals surface area contributed by atoms with Crippen LogP contribution in [0.15, 0.2) is 18.3 Å². The molecule has 0 aliphatic heterocycles. The first-order valence-electron chi connectivity index (χ1n) is 6.36. The molecule has 0 spiro atoms. The van der Waals surface area contributed by atoms with Crippen molar-refractivity contribution in [3.63, 3.8) is 0 Å².